The van der Waals surface area contributed by atoms with Crippen molar-refractivity contribution in [2.24, 2.45) is 0 Å². The summed E-state index contributed by atoms with van der Waals surface area (Å²) in [5, 5.41) is 12.3. The average molecular weight is 302 g/mol. The highest BCUT2D eigenvalue weighted by Crippen LogP contribution is 2.38. The van der Waals surface area contributed by atoms with E-state index in [0.717, 1.165) is 24.3 Å². The number of epoxide rings is 1. The summed E-state index contributed by atoms with van der Waals surface area (Å²) in [5.41, 5.74) is 0.677. The van der Waals surface area contributed by atoms with Gasteiger partial charge in [0, 0.05) is 18.5 Å². The molecular weight excluding hydrogens is 284 g/mol. The third-order valence-electron chi connectivity index (χ3n) is 4.10. The molecular formula is C15H18N4O3. The van der Waals surface area contributed by atoms with Gasteiger partial charge >= 0.3 is 0 Å². The van der Waals surface area contributed by atoms with Gasteiger partial charge in [-0.1, -0.05) is 0 Å². The Morgan fingerprint density at radius 2 is 2.32 bits per heavy atom. The molecule has 2 aliphatic rings. The maximum Gasteiger partial charge on any atom is 0.224 e. The molecule has 2 aromatic rings. The van der Waals surface area contributed by atoms with Crippen LogP contribution in [0.25, 0.3) is 10.9 Å². The maximum absolute atomic E-state index is 8.08. The SMILES string of the molecule is COc1c(OCC2(C)CO2)ccc2c3n(c(=N)nc12)CCN3. The zero-order valence-electron chi connectivity index (χ0n) is 12.6. The molecule has 1 unspecified atom stereocenters. The normalized spacial score (nSPS) is 22.3. The first-order chi connectivity index (χ1) is 10.6. The lowest BCUT2D eigenvalue weighted by atomic mass is 10.2. The molecule has 116 valence electrons. The molecule has 1 atom stereocenters. The van der Waals surface area contributed by atoms with Crippen molar-refractivity contribution < 1.29 is 14.2 Å². The summed E-state index contributed by atoms with van der Waals surface area (Å²) in [6.07, 6.45) is 0. The number of rotatable bonds is 4. The van der Waals surface area contributed by atoms with Gasteiger partial charge in [-0.25, -0.2) is 4.98 Å². The van der Waals surface area contributed by atoms with Crippen molar-refractivity contribution in [2.75, 3.05) is 32.2 Å². The molecule has 4 rings (SSSR count). The molecule has 0 amide bonds. The second kappa shape index (κ2) is 4.61. The Balaban J connectivity index is 1.83. The van der Waals surface area contributed by atoms with Gasteiger partial charge in [-0.05, 0) is 19.1 Å². The molecule has 0 radical (unpaired) electrons. The van der Waals surface area contributed by atoms with Gasteiger partial charge in [0.2, 0.25) is 5.62 Å². The van der Waals surface area contributed by atoms with E-state index >= 15 is 0 Å². The quantitative estimate of drug-likeness (QED) is 0.827. The van der Waals surface area contributed by atoms with Crippen LogP contribution in [0, 0.1) is 5.41 Å². The van der Waals surface area contributed by atoms with E-state index in [0.29, 0.717) is 30.2 Å². The van der Waals surface area contributed by atoms with Gasteiger partial charge in [0.05, 0.1) is 13.7 Å². The molecule has 0 aliphatic carbocycles. The average Bonchev–Trinajstić information content (AvgIpc) is 3.04. The van der Waals surface area contributed by atoms with Gasteiger partial charge in [0.25, 0.3) is 0 Å². The number of benzene rings is 1. The van der Waals surface area contributed by atoms with E-state index in [2.05, 4.69) is 10.3 Å². The number of methoxy groups -OCH3 is 1. The Hall–Kier alpha value is -2.28. The van der Waals surface area contributed by atoms with Crippen molar-refractivity contribution in [2.45, 2.75) is 19.1 Å². The van der Waals surface area contributed by atoms with Crippen LogP contribution in [0.1, 0.15) is 6.92 Å². The lowest BCUT2D eigenvalue weighted by molar-refractivity contribution is 0.197. The largest absolute Gasteiger partial charge is 0.491 e. The Morgan fingerprint density at radius 1 is 1.50 bits per heavy atom. The minimum absolute atomic E-state index is 0.191. The zero-order valence-corrected chi connectivity index (χ0v) is 12.6. The van der Waals surface area contributed by atoms with Crippen LogP contribution in [0.15, 0.2) is 12.1 Å². The van der Waals surface area contributed by atoms with Crippen molar-refractivity contribution >= 4 is 16.7 Å². The summed E-state index contributed by atoms with van der Waals surface area (Å²) >= 11 is 0. The van der Waals surface area contributed by atoms with Gasteiger partial charge in [0.1, 0.15) is 23.5 Å². The first-order valence-electron chi connectivity index (χ1n) is 7.28. The van der Waals surface area contributed by atoms with Gasteiger partial charge in [-0.15, -0.1) is 0 Å². The van der Waals surface area contributed by atoms with Gasteiger partial charge in [-0.3, -0.25) is 9.98 Å². The molecule has 1 aromatic carbocycles. The molecule has 1 fully saturated rings. The van der Waals surface area contributed by atoms with Crippen molar-refractivity contribution in [3.05, 3.63) is 17.8 Å². The fourth-order valence-corrected chi connectivity index (χ4v) is 2.71. The predicted octanol–water partition coefficient (Wildman–Crippen LogP) is 1.12. The summed E-state index contributed by atoms with van der Waals surface area (Å²) in [5.74, 6) is 2.10. The van der Waals surface area contributed by atoms with Gasteiger partial charge < -0.3 is 19.5 Å². The first kappa shape index (κ1) is 13.4. The maximum atomic E-state index is 8.08. The van der Waals surface area contributed by atoms with Crippen LogP contribution in [0.2, 0.25) is 0 Å². The Bertz CT molecular complexity index is 811. The fraction of sp³-hybridized carbons (Fsp3) is 0.467. The van der Waals surface area contributed by atoms with Gasteiger partial charge in [-0.2, -0.15) is 0 Å². The highest BCUT2D eigenvalue weighted by atomic mass is 16.6. The monoisotopic (exact) mass is 302 g/mol. The van der Waals surface area contributed by atoms with Crippen LogP contribution in [0.3, 0.4) is 0 Å². The van der Waals surface area contributed by atoms with E-state index in [1.54, 1.807) is 7.11 Å². The number of fused-ring (bicyclic) bond motifs is 3. The summed E-state index contributed by atoms with van der Waals surface area (Å²) in [6.45, 7) is 4.76. The first-order valence-corrected chi connectivity index (χ1v) is 7.28. The molecule has 7 nitrogen and oxygen atoms in total. The number of aromatic nitrogens is 2. The van der Waals surface area contributed by atoms with Crippen LogP contribution >= 0.6 is 0 Å². The molecule has 0 bridgehead atoms. The van der Waals surface area contributed by atoms with E-state index in [1.165, 1.54) is 0 Å². The lowest BCUT2D eigenvalue weighted by Gasteiger charge is -2.15. The molecule has 0 saturated carbocycles. The summed E-state index contributed by atoms with van der Waals surface area (Å²) in [4.78, 5) is 4.39. The van der Waals surface area contributed by atoms with E-state index in [9.17, 15) is 0 Å². The zero-order chi connectivity index (χ0) is 15.3. The van der Waals surface area contributed by atoms with Crippen LogP contribution < -0.4 is 20.4 Å². The van der Waals surface area contributed by atoms with Crippen LogP contribution in [-0.2, 0) is 11.3 Å². The number of nitrogens with zero attached hydrogens (tertiary/aromatic N) is 2. The standard InChI is InChI=1S/C15H18N4O3/c1-15(8-22-15)7-21-10-4-3-9-11(12(10)20-2)18-14(16)19-6-5-17-13(9)19/h3-4,16-17H,5-8H2,1-2H3. The number of ether oxygens (including phenoxy) is 3. The van der Waals surface area contributed by atoms with Crippen LogP contribution in [0.4, 0.5) is 5.82 Å². The highest BCUT2D eigenvalue weighted by Gasteiger charge is 2.40. The molecule has 2 aliphatic heterocycles. The number of nitrogens with one attached hydrogen (secondary N) is 2. The molecule has 1 aromatic heterocycles. The van der Waals surface area contributed by atoms with E-state index in [4.69, 9.17) is 19.6 Å². The van der Waals surface area contributed by atoms with Crippen molar-refractivity contribution in [1.82, 2.24) is 9.55 Å². The highest BCUT2D eigenvalue weighted by molar-refractivity contribution is 5.95. The third-order valence-corrected chi connectivity index (χ3v) is 4.10. The van der Waals surface area contributed by atoms with Crippen LogP contribution in [0.5, 0.6) is 11.5 Å². The van der Waals surface area contributed by atoms with E-state index < -0.39 is 0 Å². The number of anilines is 1. The van der Waals surface area contributed by atoms with Crippen LogP contribution in [-0.4, -0.2) is 42.0 Å². The summed E-state index contributed by atoms with van der Waals surface area (Å²) in [6, 6.07) is 3.85. The van der Waals surface area contributed by atoms with Crippen molar-refractivity contribution in [3.63, 3.8) is 0 Å². The Labute approximate surface area is 127 Å². The minimum atomic E-state index is -0.191. The second-order valence-electron chi connectivity index (χ2n) is 5.88. The molecule has 1 saturated heterocycles. The Kier molecular flexibility index (Phi) is 2.80. The summed E-state index contributed by atoms with van der Waals surface area (Å²) < 4.78 is 18.6. The van der Waals surface area contributed by atoms with Crippen molar-refractivity contribution in [3.8, 4) is 11.5 Å². The number of hydrogen-bond donors (Lipinski definition) is 2. The molecule has 2 N–H and O–H groups in total. The van der Waals surface area contributed by atoms with E-state index in [-0.39, 0.29) is 11.2 Å². The smallest absolute Gasteiger partial charge is 0.224 e. The lowest BCUT2D eigenvalue weighted by Crippen LogP contribution is -2.21. The predicted molar refractivity (Wildman–Crippen MR) is 80.5 cm³/mol. The molecule has 3 heterocycles. The minimum Gasteiger partial charge on any atom is -0.491 e. The molecule has 7 heteroatoms. The number of hydrogen-bond acceptors (Lipinski definition) is 6. The molecule has 0 spiro atoms. The van der Waals surface area contributed by atoms with Crippen molar-refractivity contribution in [1.29, 1.82) is 5.41 Å². The Morgan fingerprint density at radius 3 is 3.05 bits per heavy atom. The van der Waals surface area contributed by atoms with E-state index in [1.807, 2.05) is 23.6 Å². The third kappa shape index (κ3) is 2.00. The fourth-order valence-electron chi connectivity index (χ4n) is 2.71. The summed E-state index contributed by atoms with van der Waals surface area (Å²) in [7, 11) is 1.59. The van der Waals surface area contributed by atoms with Gasteiger partial charge in [0.15, 0.2) is 11.5 Å². The molecule has 22 heavy (non-hydrogen) atoms. The topological polar surface area (TPSA) is 84.7 Å². The second-order valence-corrected chi connectivity index (χ2v) is 5.88.